The first-order valence-electron chi connectivity index (χ1n) is 4.57. The van der Waals surface area contributed by atoms with Crippen LogP contribution < -0.4 is 5.32 Å². The summed E-state index contributed by atoms with van der Waals surface area (Å²) in [4.78, 5) is 11.6. The zero-order valence-corrected chi connectivity index (χ0v) is 8.42. The third kappa shape index (κ3) is 2.32. The van der Waals surface area contributed by atoms with E-state index in [1.54, 1.807) is 13.8 Å². The molecule has 1 aromatic heterocycles. The number of aliphatic hydroxyl groups is 1. The molecule has 1 heterocycles. The topological polar surface area (TPSA) is 78.0 Å². The Hall–Kier alpha value is -1.36. The Balaban J connectivity index is 2.60. The number of nitrogens with zero attached hydrogens (tertiary/aromatic N) is 1. The Morgan fingerprint density at radius 3 is 2.79 bits per heavy atom. The van der Waals surface area contributed by atoms with Crippen molar-refractivity contribution in [1.29, 1.82) is 0 Å². The molecule has 0 aliphatic carbocycles. The van der Waals surface area contributed by atoms with Gasteiger partial charge >= 0.3 is 0 Å². The summed E-state index contributed by atoms with van der Waals surface area (Å²) in [5, 5.41) is 17.9. The lowest BCUT2D eigenvalue weighted by molar-refractivity contribution is 0.0950. The summed E-state index contributed by atoms with van der Waals surface area (Å²) in [6.07, 6.45) is 0.571. The maximum atomic E-state index is 11.6. The molecule has 1 amide bonds. The molecule has 0 fully saturated rings. The molecule has 0 spiro atoms. The standard InChI is InChI=1S/C9H15N3O2/c1-6-8(7(2)12-11-6)9(14)10-4-3-5-13/h13H,3-5H2,1-2H3,(H,10,14)(H,11,12). The van der Waals surface area contributed by atoms with Crippen molar-refractivity contribution in [3.63, 3.8) is 0 Å². The van der Waals surface area contributed by atoms with E-state index in [1.807, 2.05) is 0 Å². The lowest BCUT2D eigenvalue weighted by atomic mass is 10.2. The summed E-state index contributed by atoms with van der Waals surface area (Å²) in [7, 11) is 0. The minimum absolute atomic E-state index is 0.0869. The highest BCUT2D eigenvalue weighted by molar-refractivity contribution is 5.96. The van der Waals surface area contributed by atoms with E-state index in [2.05, 4.69) is 15.5 Å². The zero-order valence-electron chi connectivity index (χ0n) is 8.42. The molecule has 5 nitrogen and oxygen atoms in total. The van der Waals surface area contributed by atoms with Crippen molar-refractivity contribution in [2.75, 3.05) is 13.2 Å². The Kier molecular flexibility index (Phi) is 3.64. The molecule has 0 atom stereocenters. The largest absolute Gasteiger partial charge is 0.396 e. The van der Waals surface area contributed by atoms with Crippen molar-refractivity contribution >= 4 is 5.91 Å². The predicted molar refractivity (Wildman–Crippen MR) is 52.1 cm³/mol. The summed E-state index contributed by atoms with van der Waals surface area (Å²) in [5.41, 5.74) is 2.07. The van der Waals surface area contributed by atoms with E-state index in [0.29, 0.717) is 24.2 Å². The first-order chi connectivity index (χ1) is 6.66. The van der Waals surface area contributed by atoms with Crippen LogP contribution in [0.5, 0.6) is 0 Å². The van der Waals surface area contributed by atoms with Gasteiger partial charge in [0.2, 0.25) is 0 Å². The molecule has 1 aromatic rings. The highest BCUT2D eigenvalue weighted by Gasteiger charge is 2.13. The van der Waals surface area contributed by atoms with Gasteiger partial charge in [-0.3, -0.25) is 9.89 Å². The molecule has 0 aliphatic heterocycles. The van der Waals surface area contributed by atoms with E-state index in [1.165, 1.54) is 0 Å². The van der Waals surface area contributed by atoms with E-state index in [9.17, 15) is 4.79 Å². The Bertz CT molecular complexity index is 300. The van der Waals surface area contributed by atoms with Gasteiger partial charge in [0.05, 0.1) is 11.3 Å². The highest BCUT2D eigenvalue weighted by atomic mass is 16.3. The van der Waals surface area contributed by atoms with Gasteiger partial charge in [-0.25, -0.2) is 0 Å². The van der Waals surface area contributed by atoms with Crippen LogP contribution in [0, 0.1) is 13.8 Å². The van der Waals surface area contributed by atoms with Crippen LogP contribution >= 0.6 is 0 Å². The quantitative estimate of drug-likeness (QED) is 0.601. The van der Waals surface area contributed by atoms with Crippen molar-refractivity contribution in [2.45, 2.75) is 20.3 Å². The van der Waals surface area contributed by atoms with Crippen molar-refractivity contribution < 1.29 is 9.90 Å². The van der Waals surface area contributed by atoms with Crippen LogP contribution in [-0.4, -0.2) is 34.4 Å². The van der Waals surface area contributed by atoms with Gasteiger partial charge in [0.25, 0.3) is 5.91 Å². The maximum absolute atomic E-state index is 11.6. The molecule has 0 saturated carbocycles. The Labute approximate surface area is 82.5 Å². The van der Waals surface area contributed by atoms with Crippen molar-refractivity contribution in [2.24, 2.45) is 0 Å². The van der Waals surface area contributed by atoms with Gasteiger partial charge in [-0.2, -0.15) is 5.10 Å². The summed E-state index contributed by atoms with van der Waals surface area (Å²) < 4.78 is 0. The molecule has 0 radical (unpaired) electrons. The summed E-state index contributed by atoms with van der Waals surface area (Å²) >= 11 is 0. The molecule has 3 N–H and O–H groups in total. The van der Waals surface area contributed by atoms with Crippen LogP contribution in [0.2, 0.25) is 0 Å². The van der Waals surface area contributed by atoms with E-state index in [0.717, 1.165) is 5.69 Å². The third-order valence-corrected chi connectivity index (χ3v) is 1.98. The SMILES string of the molecule is Cc1n[nH]c(C)c1C(=O)NCCCO. The molecule has 0 bridgehead atoms. The molecule has 0 aliphatic rings. The Morgan fingerprint density at radius 2 is 2.29 bits per heavy atom. The molecular formula is C9H15N3O2. The van der Waals surface area contributed by atoms with Gasteiger partial charge in [-0.05, 0) is 20.3 Å². The molecule has 5 heteroatoms. The van der Waals surface area contributed by atoms with Gasteiger partial charge < -0.3 is 10.4 Å². The van der Waals surface area contributed by atoms with Gasteiger partial charge in [0.15, 0.2) is 0 Å². The number of aromatic amines is 1. The van der Waals surface area contributed by atoms with E-state index in [-0.39, 0.29) is 12.5 Å². The number of hydrogen-bond donors (Lipinski definition) is 3. The van der Waals surface area contributed by atoms with Crippen molar-refractivity contribution in [3.8, 4) is 0 Å². The first kappa shape index (κ1) is 10.7. The van der Waals surface area contributed by atoms with Crippen LogP contribution in [-0.2, 0) is 0 Å². The summed E-state index contributed by atoms with van der Waals surface area (Å²) in [5.74, 6) is -0.137. The number of amides is 1. The molecule has 14 heavy (non-hydrogen) atoms. The lowest BCUT2D eigenvalue weighted by Crippen LogP contribution is -2.25. The van der Waals surface area contributed by atoms with Crippen LogP contribution in [0.1, 0.15) is 28.2 Å². The summed E-state index contributed by atoms with van der Waals surface area (Å²) in [6, 6.07) is 0. The zero-order chi connectivity index (χ0) is 10.6. The van der Waals surface area contributed by atoms with Crippen molar-refractivity contribution in [3.05, 3.63) is 17.0 Å². The number of carbonyl (C=O) groups excluding carboxylic acids is 1. The monoisotopic (exact) mass is 197 g/mol. The molecule has 0 aromatic carbocycles. The third-order valence-electron chi connectivity index (χ3n) is 1.98. The maximum Gasteiger partial charge on any atom is 0.255 e. The van der Waals surface area contributed by atoms with E-state index < -0.39 is 0 Å². The van der Waals surface area contributed by atoms with Gasteiger partial charge in [0.1, 0.15) is 0 Å². The average molecular weight is 197 g/mol. The van der Waals surface area contributed by atoms with Crippen LogP contribution in [0.4, 0.5) is 0 Å². The number of aromatic nitrogens is 2. The molecule has 1 rings (SSSR count). The number of hydrogen-bond acceptors (Lipinski definition) is 3. The molecule has 78 valence electrons. The number of aliphatic hydroxyl groups excluding tert-OH is 1. The minimum atomic E-state index is -0.137. The van der Waals surface area contributed by atoms with Crippen LogP contribution in [0.3, 0.4) is 0 Å². The fourth-order valence-electron chi connectivity index (χ4n) is 1.25. The highest BCUT2D eigenvalue weighted by Crippen LogP contribution is 2.08. The number of nitrogens with one attached hydrogen (secondary N) is 2. The fourth-order valence-corrected chi connectivity index (χ4v) is 1.25. The van der Waals surface area contributed by atoms with Crippen LogP contribution in [0.15, 0.2) is 0 Å². The van der Waals surface area contributed by atoms with Crippen LogP contribution in [0.25, 0.3) is 0 Å². The molecular weight excluding hydrogens is 182 g/mol. The van der Waals surface area contributed by atoms with E-state index in [4.69, 9.17) is 5.11 Å². The normalized spacial score (nSPS) is 10.2. The smallest absolute Gasteiger partial charge is 0.255 e. The fraction of sp³-hybridized carbons (Fsp3) is 0.556. The van der Waals surface area contributed by atoms with Gasteiger partial charge in [-0.1, -0.05) is 0 Å². The minimum Gasteiger partial charge on any atom is -0.396 e. The lowest BCUT2D eigenvalue weighted by Gasteiger charge is -2.03. The average Bonchev–Trinajstić information content (AvgIpc) is 2.46. The number of H-pyrrole nitrogens is 1. The number of aryl methyl sites for hydroxylation is 2. The molecule has 0 saturated heterocycles. The second-order valence-corrected chi connectivity index (χ2v) is 3.14. The first-order valence-corrected chi connectivity index (χ1v) is 4.57. The summed E-state index contributed by atoms with van der Waals surface area (Å²) in [6.45, 7) is 4.16. The molecule has 0 unspecified atom stereocenters. The Morgan fingerprint density at radius 1 is 1.57 bits per heavy atom. The van der Waals surface area contributed by atoms with Crippen molar-refractivity contribution in [1.82, 2.24) is 15.5 Å². The second kappa shape index (κ2) is 4.76. The van der Waals surface area contributed by atoms with Gasteiger partial charge in [-0.15, -0.1) is 0 Å². The van der Waals surface area contributed by atoms with Gasteiger partial charge in [0, 0.05) is 18.8 Å². The predicted octanol–water partition coefficient (Wildman–Crippen LogP) is 0.139. The number of rotatable bonds is 4. The second-order valence-electron chi connectivity index (χ2n) is 3.14. The number of carbonyl (C=O) groups is 1. The van der Waals surface area contributed by atoms with E-state index >= 15 is 0 Å².